The van der Waals surface area contributed by atoms with Crippen molar-refractivity contribution in [2.24, 2.45) is 0 Å². The van der Waals surface area contributed by atoms with E-state index >= 15 is 0 Å². The summed E-state index contributed by atoms with van der Waals surface area (Å²) in [6.07, 6.45) is 2.30. The van der Waals surface area contributed by atoms with Crippen molar-refractivity contribution >= 4 is 10.8 Å². The zero-order chi connectivity index (χ0) is 20.2. The lowest BCUT2D eigenvalue weighted by atomic mass is 10.1. The number of aromatic hydroxyl groups is 1. The van der Waals surface area contributed by atoms with Gasteiger partial charge in [-0.1, -0.05) is 48.5 Å². The molecule has 0 aliphatic carbocycles. The molecule has 5 nitrogen and oxygen atoms in total. The van der Waals surface area contributed by atoms with Gasteiger partial charge in [-0.15, -0.1) is 0 Å². The van der Waals surface area contributed by atoms with E-state index in [0.29, 0.717) is 18.7 Å². The van der Waals surface area contributed by atoms with E-state index in [1.807, 2.05) is 54.6 Å². The van der Waals surface area contributed by atoms with E-state index in [0.717, 1.165) is 34.9 Å². The minimum absolute atomic E-state index is 0.0258. The van der Waals surface area contributed by atoms with Gasteiger partial charge in [0.25, 0.3) is 0 Å². The predicted molar refractivity (Wildman–Crippen MR) is 115 cm³/mol. The second kappa shape index (κ2) is 8.27. The average Bonchev–Trinajstić information content (AvgIpc) is 3.02. The zero-order valence-electron chi connectivity index (χ0n) is 16.4. The van der Waals surface area contributed by atoms with Gasteiger partial charge in [0.1, 0.15) is 5.75 Å². The topological polar surface area (TPSA) is 67.2 Å². The third kappa shape index (κ3) is 4.19. The molecule has 2 N–H and O–H groups in total. The maximum atomic E-state index is 12.4. The molecule has 0 aliphatic heterocycles. The molecule has 4 rings (SSSR count). The first kappa shape index (κ1) is 18.9. The molecule has 0 saturated heterocycles. The van der Waals surface area contributed by atoms with Crippen LogP contribution in [0.3, 0.4) is 0 Å². The van der Waals surface area contributed by atoms with Crippen LogP contribution in [-0.2, 0) is 19.4 Å². The molecule has 4 aromatic rings. The second-order valence-electron chi connectivity index (χ2n) is 7.20. The highest BCUT2D eigenvalue weighted by atomic mass is 16.5. The number of aryl methyl sites for hydroxylation is 2. The van der Waals surface area contributed by atoms with Crippen LogP contribution in [0.1, 0.15) is 23.2 Å². The summed E-state index contributed by atoms with van der Waals surface area (Å²) in [5, 5.41) is 12.8. The number of aromatic amines is 1. The highest BCUT2D eigenvalue weighted by molar-refractivity contribution is 5.82. The Hall–Kier alpha value is -3.47. The standard InChI is InChI=1S/C24H24N2O3/c1-29-21-13-10-17(11-14-21)5-4-8-22-23(27)26(24(28)25-22)16-18-9-12-19-6-2-3-7-20(19)15-18/h2-3,6-7,9-15,27H,4-5,8,16H2,1H3,(H,25,28). The lowest BCUT2D eigenvalue weighted by molar-refractivity contribution is 0.414. The normalized spacial score (nSPS) is 11.1. The Kier molecular flexibility index (Phi) is 5.38. The van der Waals surface area contributed by atoms with Crippen LogP contribution in [0.5, 0.6) is 11.6 Å². The van der Waals surface area contributed by atoms with Gasteiger partial charge in [-0.05, 0) is 59.4 Å². The molecule has 148 valence electrons. The quantitative estimate of drug-likeness (QED) is 0.497. The van der Waals surface area contributed by atoms with E-state index in [1.165, 1.54) is 10.1 Å². The average molecular weight is 388 g/mol. The van der Waals surface area contributed by atoms with Crippen molar-refractivity contribution in [1.29, 1.82) is 0 Å². The Morgan fingerprint density at radius 3 is 2.41 bits per heavy atom. The van der Waals surface area contributed by atoms with Crippen LogP contribution in [0.4, 0.5) is 0 Å². The molecule has 0 fully saturated rings. The van der Waals surface area contributed by atoms with Gasteiger partial charge in [0.2, 0.25) is 5.88 Å². The van der Waals surface area contributed by atoms with E-state index in [2.05, 4.69) is 17.1 Å². The van der Waals surface area contributed by atoms with Crippen molar-refractivity contribution in [2.45, 2.75) is 25.8 Å². The molecule has 0 unspecified atom stereocenters. The first-order valence-corrected chi connectivity index (χ1v) is 9.75. The molecule has 0 radical (unpaired) electrons. The number of nitrogens with one attached hydrogen (secondary N) is 1. The Labute approximate surface area is 169 Å². The number of nitrogens with zero attached hydrogens (tertiary/aromatic N) is 1. The molecule has 29 heavy (non-hydrogen) atoms. The van der Waals surface area contributed by atoms with Gasteiger partial charge in [-0.3, -0.25) is 4.57 Å². The fourth-order valence-corrected chi connectivity index (χ4v) is 3.61. The Balaban J connectivity index is 1.44. The van der Waals surface area contributed by atoms with Crippen LogP contribution in [0.25, 0.3) is 10.8 Å². The van der Waals surface area contributed by atoms with Crippen molar-refractivity contribution in [3.8, 4) is 11.6 Å². The van der Waals surface area contributed by atoms with Crippen molar-refractivity contribution < 1.29 is 9.84 Å². The number of H-pyrrole nitrogens is 1. The largest absolute Gasteiger partial charge is 0.497 e. The maximum absolute atomic E-state index is 12.4. The molecule has 5 heteroatoms. The highest BCUT2D eigenvalue weighted by Gasteiger charge is 2.13. The fourth-order valence-electron chi connectivity index (χ4n) is 3.61. The molecule has 3 aromatic carbocycles. The van der Waals surface area contributed by atoms with Crippen molar-refractivity contribution in [1.82, 2.24) is 9.55 Å². The summed E-state index contributed by atoms with van der Waals surface area (Å²) in [6.45, 7) is 0.338. The van der Waals surface area contributed by atoms with Crippen LogP contribution in [0, 0.1) is 0 Å². The van der Waals surface area contributed by atoms with Gasteiger partial charge in [-0.2, -0.15) is 0 Å². The highest BCUT2D eigenvalue weighted by Crippen LogP contribution is 2.20. The van der Waals surface area contributed by atoms with Gasteiger partial charge in [-0.25, -0.2) is 4.79 Å². The number of imidazole rings is 1. The molecule has 0 amide bonds. The van der Waals surface area contributed by atoms with E-state index < -0.39 is 0 Å². The number of hydrogen-bond acceptors (Lipinski definition) is 3. The maximum Gasteiger partial charge on any atom is 0.328 e. The van der Waals surface area contributed by atoms with Crippen LogP contribution in [0.15, 0.2) is 71.5 Å². The lowest BCUT2D eigenvalue weighted by Gasteiger charge is -2.06. The molecule has 0 aliphatic rings. The number of ether oxygens (including phenoxy) is 1. The molecule has 0 saturated carbocycles. The predicted octanol–water partition coefficient (Wildman–Crippen LogP) is 4.27. The summed E-state index contributed by atoms with van der Waals surface area (Å²) in [5.74, 6) is 0.861. The fraction of sp³-hybridized carbons (Fsp3) is 0.208. The summed E-state index contributed by atoms with van der Waals surface area (Å²) in [4.78, 5) is 15.2. The van der Waals surface area contributed by atoms with E-state index in [4.69, 9.17) is 4.74 Å². The van der Waals surface area contributed by atoms with Gasteiger partial charge in [0, 0.05) is 0 Å². The van der Waals surface area contributed by atoms with E-state index in [1.54, 1.807) is 7.11 Å². The molecular formula is C24H24N2O3. The molecule has 1 heterocycles. The third-order valence-electron chi connectivity index (χ3n) is 5.23. The van der Waals surface area contributed by atoms with Gasteiger partial charge in [0.15, 0.2) is 0 Å². The zero-order valence-corrected chi connectivity index (χ0v) is 16.4. The Morgan fingerprint density at radius 1 is 0.931 bits per heavy atom. The number of methoxy groups -OCH3 is 1. The number of rotatable bonds is 7. The summed E-state index contributed by atoms with van der Waals surface area (Å²) in [5.41, 5.74) is 2.48. The molecule has 0 spiro atoms. The summed E-state index contributed by atoms with van der Waals surface area (Å²) in [6, 6.07) is 22.1. The first-order chi connectivity index (χ1) is 14.1. The van der Waals surface area contributed by atoms with Gasteiger partial charge >= 0.3 is 5.69 Å². The SMILES string of the molecule is COc1ccc(CCCc2[nH]c(=O)n(Cc3ccc4ccccc4c3)c2O)cc1. The first-order valence-electron chi connectivity index (χ1n) is 9.75. The number of aromatic nitrogens is 2. The number of fused-ring (bicyclic) bond motifs is 1. The Morgan fingerprint density at radius 2 is 1.66 bits per heavy atom. The smallest absolute Gasteiger partial charge is 0.328 e. The van der Waals surface area contributed by atoms with Crippen molar-refractivity contribution in [3.05, 3.63) is 94.0 Å². The van der Waals surface area contributed by atoms with Crippen molar-refractivity contribution in [2.75, 3.05) is 7.11 Å². The molecular weight excluding hydrogens is 364 g/mol. The number of benzene rings is 3. The van der Waals surface area contributed by atoms with Gasteiger partial charge < -0.3 is 14.8 Å². The van der Waals surface area contributed by atoms with E-state index in [9.17, 15) is 9.90 Å². The summed E-state index contributed by atoms with van der Waals surface area (Å²) in [7, 11) is 1.65. The summed E-state index contributed by atoms with van der Waals surface area (Å²) < 4.78 is 6.57. The van der Waals surface area contributed by atoms with Crippen LogP contribution >= 0.6 is 0 Å². The Bertz CT molecular complexity index is 1170. The molecule has 1 aromatic heterocycles. The van der Waals surface area contributed by atoms with Crippen LogP contribution < -0.4 is 10.4 Å². The summed E-state index contributed by atoms with van der Waals surface area (Å²) >= 11 is 0. The third-order valence-corrected chi connectivity index (χ3v) is 5.23. The molecule has 0 atom stereocenters. The second-order valence-corrected chi connectivity index (χ2v) is 7.20. The lowest BCUT2D eigenvalue weighted by Crippen LogP contribution is -2.17. The minimum atomic E-state index is -0.282. The van der Waals surface area contributed by atoms with Crippen LogP contribution in [-0.4, -0.2) is 21.8 Å². The van der Waals surface area contributed by atoms with Gasteiger partial charge in [0.05, 0.1) is 19.3 Å². The van der Waals surface area contributed by atoms with Crippen LogP contribution in [0.2, 0.25) is 0 Å². The van der Waals surface area contributed by atoms with E-state index in [-0.39, 0.29) is 11.6 Å². The monoisotopic (exact) mass is 388 g/mol. The number of hydrogen-bond donors (Lipinski definition) is 2. The van der Waals surface area contributed by atoms with Crippen molar-refractivity contribution in [3.63, 3.8) is 0 Å². The minimum Gasteiger partial charge on any atom is -0.497 e. The molecule has 0 bridgehead atoms.